The average molecular weight is 482 g/mol. The van der Waals surface area contributed by atoms with Crippen LogP contribution < -0.4 is 5.56 Å². The fourth-order valence-corrected chi connectivity index (χ4v) is 6.22. The number of fused-ring (bicyclic) bond motifs is 1. The zero-order chi connectivity index (χ0) is 23.0. The summed E-state index contributed by atoms with van der Waals surface area (Å²) in [5.41, 5.74) is 2.57. The maximum absolute atomic E-state index is 12.8. The summed E-state index contributed by atoms with van der Waals surface area (Å²) < 4.78 is 28.5. The first kappa shape index (κ1) is 21.9. The SMILES string of the molecule is Cc1ccc(-c2nn3c(=O)cc(CN4CCN(S(=O)(=O)c5ccccc5)CC4)nc3s2)cc1. The molecule has 1 saturated heterocycles. The molecule has 2 aromatic heterocycles. The highest BCUT2D eigenvalue weighted by atomic mass is 32.2. The number of hydrogen-bond acceptors (Lipinski definition) is 7. The fourth-order valence-electron chi connectivity index (χ4n) is 3.85. The van der Waals surface area contributed by atoms with Crippen LogP contribution in [0.25, 0.3) is 15.5 Å². The van der Waals surface area contributed by atoms with E-state index in [1.54, 1.807) is 30.3 Å². The van der Waals surface area contributed by atoms with E-state index in [1.807, 2.05) is 31.2 Å². The number of rotatable bonds is 5. The molecule has 0 unspecified atom stereocenters. The van der Waals surface area contributed by atoms with Crippen molar-refractivity contribution < 1.29 is 8.42 Å². The molecule has 4 aromatic rings. The van der Waals surface area contributed by atoms with Gasteiger partial charge < -0.3 is 0 Å². The largest absolute Gasteiger partial charge is 0.295 e. The first-order valence-corrected chi connectivity index (χ1v) is 12.9. The Hall–Kier alpha value is -2.92. The van der Waals surface area contributed by atoms with Crippen molar-refractivity contribution in [3.8, 4) is 10.6 Å². The van der Waals surface area contributed by atoms with Gasteiger partial charge >= 0.3 is 0 Å². The molecule has 0 radical (unpaired) electrons. The van der Waals surface area contributed by atoms with Crippen LogP contribution >= 0.6 is 11.3 Å². The number of aryl methyl sites for hydroxylation is 1. The summed E-state index contributed by atoms with van der Waals surface area (Å²) >= 11 is 1.38. The predicted octanol–water partition coefficient (Wildman–Crippen LogP) is 2.63. The van der Waals surface area contributed by atoms with E-state index in [0.29, 0.717) is 48.3 Å². The van der Waals surface area contributed by atoms with Crippen LogP contribution in [-0.2, 0) is 16.6 Å². The lowest BCUT2D eigenvalue weighted by atomic mass is 10.2. The number of benzene rings is 2. The van der Waals surface area contributed by atoms with Crippen LogP contribution in [0.15, 0.2) is 70.4 Å². The Balaban J connectivity index is 1.30. The molecular formula is C23H23N5O3S2. The molecule has 0 aliphatic carbocycles. The molecule has 0 saturated carbocycles. The highest BCUT2D eigenvalue weighted by molar-refractivity contribution is 7.89. The van der Waals surface area contributed by atoms with Gasteiger partial charge in [0.15, 0.2) is 0 Å². The van der Waals surface area contributed by atoms with Gasteiger partial charge in [0.2, 0.25) is 15.0 Å². The summed E-state index contributed by atoms with van der Waals surface area (Å²) in [4.78, 5) is 20.3. The van der Waals surface area contributed by atoms with Gasteiger partial charge in [-0.2, -0.15) is 13.9 Å². The van der Waals surface area contributed by atoms with E-state index < -0.39 is 10.0 Å². The third kappa shape index (κ3) is 4.47. The van der Waals surface area contributed by atoms with Gasteiger partial charge in [-0.05, 0) is 19.1 Å². The molecule has 0 N–H and O–H groups in total. The van der Waals surface area contributed by atoms with Crippen LogP contribution in [0.3, 0.4) is 0 Å². The maximum Gasteiger partial charge on any atom is 0.275 e. The molecule has 33 heavy (non-hydrogen) atoms. The number of sulfonamides is 1. The lowest BCUT2D eigenvalue weighted by Crippen LogP contribution is -2.48. The minimum absolute atomic E-state index is 0.213. The molecule has 1 aliphatic rings. The van der Waals surface area contributed by atoms with E-state index >= 15 is 0 Å². The van der Waals surface area contributed by atoms with Crippen molar-refractivity contribution in [1.29, 1.82) is 0 Å². The Kier molecular flexibility index (Phi) is 5.83. The molecule has 8 nitrogen and oxygen atoms in total. The Morgan fingerprint density at radius 1 is 0.970 bits per heavy atom. The molecule has 0 atom stereocenters. The van der Waals surface area contributed by atoms with E-state index in [-0.39, 0.29) is 5.56 Å². The molecule has 3 heterocycles. The summed E-state index contributed by atoms with van der Waals surface area (Å²) in [5, 5.41) is 5.19. The van der Waals surface area contributed by atoms with Gasteiger partial charge in [-0.3, -0.25) is 9.69 Å². The summed E-state index contributed by atoms with van der Waals surface area (Å²) in [6.45, 7) is 4.46. The van der Waals surface area contributed by atoms with Crippen LogP contribution in [0.4, 0.5) is 0 Å². The van der Waals surface area contributed by atoms with Crippen molar-refractivity contribution in [2.75, 3.05) is 26.2 Å². The van der Waals surface area contributed by atoms with Gasteiger partial charge in [0, 0.05) is 44.4 Å². The smallest absolute Gasteiger partial charge is 0.275 e. The lowest BCUT2D eigenvalue weighted by Gasteiger charge is -2.33. The number of nitrogens with zero attached hydrogens (tertiary/aromatic N) is 5. The minimum Gasteiger partial charge on any atom is -0.295 e. The zero-order valence-electron chi connectivity index (χ0n) is 18.1. The van der Waals surface area contributed by atoms with E-state index in [4.69, 9.17) is 0 Å². The summed E-state index contributed by atoms with van der Waals surface area (Å²) in [7, 11) is -3.49. The monoisotopic (exact) mass is 481 g/mol. The van der Waals surface area contributed by atoms with E-state index in [1.165, 1.54) is 26.2 Å². The van der Waals surface area contributed by atoms with Crippen LogP contribution in [0.2, 0.25) is 0 Å². The highest BCUT2D eigenvalue weighted by Gasteiger charge is 2.28. The third-order valence-corrected chi connectivity index (χ3v) is 8.56. The van der Waals surface area contributed by atoms with Crippen LogP contribution in [0, 0.1) is 6.92 Å². The van der Waals surface area contributed by atoms with Gasteiger partial charge in [0.25, 0.3) is 5.56 Å². The number of aromatic nitrogens is 3. The minimum atomic E-state index is -3.49. The second-order valence-corrected chi connectivity index (χ2v) is 10.9. The number of piperazine rings is 1. The predicted molar refractivity (Wildman–Crippen MR) is 128 cm³/mol. The molecule has 10 heteroatoms. The molecule has 0 amide bonds. The third-order valence-electron chi connectivity index (χ3n) is 5.69. The van der Waals surface area contributed by atoms with Gasteiger partial charge in [0.1, 0.15) is 5.01 Å². The van der Waals surface area contributed by atoms with Crippen LogP contribution in [-0.4, -0.2) is 58.4 Å². The van der Waals surface area contributed by atoms with Gasteiger partial charge in [-0.15, -0.1) is 0 Å². The van der Waals surface area contributed by atoms with E-state index in [0.717, 1.165) is 16.1 Å². The van der Waals surface area contributed by atoms with Crippen molar-refractivity contribution in [2.45, 2.75) is 18.4 Å². The molecular weight excluding hydrogens is 458 g/mol. The lowest BCUT2D eigenvalue weighted by molar-refractivity contribution is 0.180. The molecule has 1 fully saturated rings. The second-order valence-electron chi connectivity index (χ2n) is 8.05. The highest BCUT2D eigenvalue weighted by Crippen LogP contribution is 2.25. The Morgan fingerprint density at radius 3 is 2.36 bits per heavy atom. The Labute approximate surface area is 195 Å². The van der Waals surface area contributed by atoms with Crippen molar-refractivity contribution in [3.05, 3.63) is 82.3 Å². The van der Waals surface area contributed by atoms with Crippen molar-refractivity contribution in [2.24, 2.45) is 0 Å². The first-order valence-electron chi connectivity index (χ1n) is 10.6. The van der Waals surface area contributed by atoms with Gasteiger partial charge in [-0.25, -0.2) is 13.4 Å². The van der Waals surface area contributed by atoms with E-state index in [2.05, 4.69) is 15.0 Å². The Bertz CT molecular complexity index is 1440. The second kappa shape index (κ2) is 8.79. The normalized spacial score (nSPS) is 15.8. The molecule has 170 valence electrons. The van der Waals surface area contributed by atoms with E-state index in [9.17, 15) is 13.2 Å². The summed E-state index contributed by atoms with van der Waals surface area (Å²) in [5.74, 6) is 0. The summed E-state index contributed by atoms with van der Waals surface area (Å²) in [6, 6.07) is 18.0. The van der Waals surface area contributed by atoms with Crippen molar-refractivity contribution in [1.82, 2.24) is 23.8 Å². The topological polar surface area (TPSA) is 87.9 Å². The molecule has 0 spiro atoms. The molecule has 2 aromatic carbocycles. The molecule has 5 rings (SSSR count). The quantitative estimate of drug-likeness (QED) is 0.436. The van der Waals surface area contributed by atoms with Crippen LogP contribution in [0.1, 0.15) is 11.3 Å². The van der Waals surface area contributed by atoms with Gasteiger partial charge in [0.05, 0.1) is 10.6 Å². The van der Waals surface area contributed by atoms with Crippen molar-refractivity contribution >= 4 is 26.3 Å². The van der Waals surface area contributed by atoms with Crippen molar-refractivity contribution in [3.63, 3.8) is 0 Å². The number of hydrogen-bond donors (Lipinski definition) is 0. The maximum atomic E-state index is 12.8. The molecule has 1 aliphatic heterocycles. The van der Waals surface area contributed by atoms with Gasteiger partial charge in [-0.1, -0.05) is 59.4 Å². The zero-order valence-corrected chi connectivity index (χ0v) is 19.7. The Morgan fingerprint density at radius 2 is 1.67 bits per heavy atom. The standard InChI is InChI=1S/C23H23N5O3S2/c1-17-7-9-18(10-8-17)22-25-28-21(29)15-19(24-23(28)32-22)16-26-11-13-27(14-12-26)33(30,31)20-5-3-2-4-6-20/h2-10,15H,11-14,16H2,1H3. The summed E-state index contributed by atoms with van der Waals surface area (Å²) in [6.07, 6.45) is 0. The first-order chi connectivity index (χ1) is 15.9. The fraction of sp³-hybridized carbons (Fsp3) is 0.261. The van der Waals surface area contributed by atoms with Crippen LogP contribution in [0.5, 0.6) is 0 Å². The average Bonchev–Trinajstić information content (AvgIpc) is 3.25. The molecule has 0 bridgehead atoms.